The van der Waals surface area contributed by atoms with Crippen LogP contribution in [0.1, 0.15) is 48.3 Å². The van der Waals surface area contributed by atoms with E-state index in [9.17, 15) is 4.79 Å². The van der Waals surface area contributed by atoms with E-state index in [1.54, 1.807) is 0 Å². The van der Waals surface area contributed by atoms with Crippen LogP contribution in [0.5, 0.6) is 0 Å². The number of aromatic nitrogens is 1. The maximum absolute atomic E-state index is 13.1. The second-order valence-corrected chi connectivity index (χ2v) is 7.27. The fourth-order valence-electron chi connectivity index (χ4n) is 3.55. The van der Waals surface area contributed by atoms with Crippen LogP contribution in [-0.2, 0) is 4.74 Å². The summed E-state index contributed by atoms with van der Waals surface area (Å²) in [7, 11) is 1.91. The Morgan fingerprint density at radius 2 is 2.09 bits per heavy atom. The van der Waals surface area contributed by atoms with Crippen LogP contribution in [0.15, 0.2) is 18.2 Å². The highest BCUT2D eigenvalue weighted by Crippen LogP contribution is 2.29. The lowest BCUT2D eigenvalue weighted by Crippen LogP contribution is -2.46. The van der Waals surface area contributed by atoms with Gasteiger partial charge in [-0.1, -0.05) is 12.1 Å². The van der Waals surface area contributed by atoms with Crippen LogP contribution in [0.25, 0.3) is 10.9 Å². The Hall–Kier alpha value is -1.81. The first-order valence-corrected chi connectivity index (χ1v) is 8.29. The quantitative estimate of drug-likeness (QED) is 0.916. The van der Waals surface area contributed by atoms with Crippen molar-refractivity contribution in [1.29, 1.82) is 0 Å². The molecule has 1 N–H and O–H groups in total. The van der Waals surface area contributed by atoms with Crippen molar-refractivity contribution in [2.75, 3.05) is 13.7 Å². The van der Waals surface area contributed by atoms with Crippen LogP contribution in [-0.4, -0.2) is 41.1 Å². The van der Waals surface area contributed by atoms with Gasteiger partial charge in [0.05, 0.1) is 16.7 Å². The van der Waals surface area contributed by atoms with Gasteiger partial charge >= 0.3 is 0 Å². The Bertz CT molecular complexity index is 745. The van der Waals surface area contributed by atoms with Crippen molar-refractivity contribution in [3.8, 4) is 0 Å². The number of fused-ring (bicyclic) bond motifs is 1. The maximum atomic E-state index is 13.1. The number of amides is 1. The van der Waals surface area contributed by atoms with Crippen molar-refractivity contribution in [3.63, 3.8) is 0 Å². The Morgan fingerprint density at radius 3 is 2.78 bits per heavy atom. The summed E-state index contributed by atoms with van der Waals surface area (Å²) in [6, 6.07) is 6.18. The van der Waals surface area contributed by atoms with Crippen molar-refractivity contribution in [1.82, 2.24) is 9.88 Å². The molecule has 0 spiro atoms. The van der Waals surface area contributed by atoms with E-state index in [1.165, 1.54) is 5.56 Å². The van der Waals surface area contributed by atoms with Gasteiger partial charge in [-0.2, -0.15) is 0 Å². The molecule has 1 unspecified atom stereocenters. The lowest BCUT2D eigenvalue weighted by Gasteiger charge is -2.39. The molecule has 2 aromatic rings. The summed E-state index contributed by atoms with van der Waals surface area (Å²) in [6.07, 6.45) is 1.76. The number of H-pyrrole nitrogens is 1. The molecule has 124 valence electrons. The molecule has 1 saturated heterocycles. The van der Waals surface area contributed by atoms with Crippen LogP contribution in [0.3, 0.4) is 0 Å². The van der Waals surface area contributed by atoms with Crippen LogP contribution in [0.2, 0.25) is 0 Å². The van der Waals surface area contributed by atoms with E-state index >= 15 is 0 Å². The summed E-state index contributed by atoms with van der Waals surface area (Å²) in [5, 5.41) is 1.13. The largest absolute Gasteiger partial charge is 0.375 e. The Kier molecular flexibility index (Phi) is 3.96. The summed E-state index contributed by atoms with van der Waals surface area (Å²) in [5.74, 6) is 0.0829. The lowest BCUT2D eigenvalue weighted by molar-refractivity contribution is -0.0755. The molecule has 0 bridgehead atoms. The number of nitrogens with zero attached hydrogens (tertiary/aromatic N) is 1. The number of hydrogen-bond donors (Lipinski definition) is 1. The van der Waals surface area contributed by atoms with Crippen molar-refractivity contribution in [2.45, 2.75) is 52.2 Å². The lowest BCUT2D eigenvalue weighted by atomic mass is 9.92. The zero-order chi connectivity index (χ0) is 16.8. The highest BCUT2D eigenvalue weighted by molar-refractivity contribution is 6.06. The first-order chi connectivity index (χ1) is 10.8. The second kappa shape index (κ2) is 5.68. The van der Waals surface area contributed by atoms with Crippen molar-refractivity contribution in [3.05, 3.63) is 35.0 Å². The molecule has 1 aromatic carbocycles. The first kappa shape index (κ1) is 16.1. The number of rotatable bonds is 2. The highest BCUT2D eigenvalue weighted by atomic mass is 16.5. The zero-order valence-corrected chi connectivity index (χ0v) is 14.7. The van der Waals surface area contributed by atoms with Gasteiger partial charge in [0.2, 0.25) is 0 Å². The molecular weight excluding hydrogens is 288 g/mol. The second-order valence-electron chi connectivity index (χ2n) is 7.27. The van der Waals surface area contributed by atoms with Gasteiger partial charge in [0.25, 0.3) is 5.91 Å². The Balaban J connectivity index is 1.92. The number of aromatic amines is 1. The van der Waals surface area contributed by atoms with Crippen LogP contribution in [0.4, 0.5) is 0 Å². The number of para-hydroxylation sites is 1. The molecule has 23 heavy (non-hydrogen) atoms. The third kappa shape index (κ3) is 2.88. The SMILES string of the molecule is Cc1[nH]c2c(C(=O)N(C)C3CCOC(C)(C)C3)cccc2c1C. The Morgan fingerprint density at radius 1 is 1.35 bits per heavy atom. The standard InChI is InChI=1S/C19H26N2O2/c1-12-13(2)20-17-15(12)7-6-8-16(17)18(22)21(5)14-9-10-23-19(3,4)11-14/h6-8,14,20H,9-11H2,1-5H3. The molecule has 4 nitrogen and oxygen atoms in total. The van der Waals surface area contributed by atoms with Crippen molar-refractivity contribution >= 4 is 16.8 Å². The maximum Gasteiger partial charge on any atom is 0.255 e. The normalized spacial score (nSPS) is 20.7. The summed E-state index contributed by atoms with van der Waals surface area (Å²) in [6.45, 7) is 9.04. The molecule has 3 rings (SSSR count). The third-order valence-electron chi connectivity index (χ3n) is 5.11. The Labute approximate surface area is 137 Å². The third-order valence-corrected chi connectivity index (χ3v) is 5.11. The van der Waals surface area contributed by atoms with E-state index in [1.807, 2.05) is 31.0 Å². The minimum atomic E-state index is -0.164. The smallest absolute Gasteiger partial charge is 0.255 e. The zero-order valence-electron chi connectivity index (χ0n) is 14.7. The fourth-order valence-corrected chi connectivity index (χ4v) is 3.55. The monoisotopic (exact) mass is 314 g/mol. The molecule has 1 fully saturated rings. The number of nitrogens with one attached hydrogen (secondary N) is 1. The molecule has 1 amide bonds. The molecule has 2 heterocycles. The minimum Gasteiger partial charge on any atom is -0.375 e. The van der Waals surface area contributed by atoms with E-state index in [2.05, 4.69) is 31.8 Å². The first-order valence-electron chi connectivity index (χ1n) is 8.29. The topological polar surface area (TPSA) is 45.3 Å². The average Bonchev–Trinajstić information content (AvgIpc) is 2.80. The molecule has 1 aliphatic heterocycles. The number of carbonyl (C=O) groups is 1. The minimum absolute atomic E-state index is 0.0829. The molecule has 1 aliphatic rings. The summed E-state index contributed by atoms with van der Waals surface area (Å²) in [5.41, 5.74) is 3.87. The summed E-state index contributed by atoms with van der Waals surface area (Å²) < 4.78 is 5.78. The predicted octanol–water partition coefficient (Wildman–Crippen LogP) is 3.81. The van der Waals surface area contributed by atoms with Gasteiger partial charge in [-0.05, 0) is 52.2 Å². The molecule has 1 atom stereocenters. The van der Waals surface area contributed by atoms with Gasteiger partial charge in [0, 0.05) is 30.8 Å². The number of benzene rings is 1. The molecule has 0 aliphatic carbocycles. The van der Waals surface area contributed by atoms with Crippen LogP contribution < -0.4 is 0 Å². The summed E-state index contributed by atoms with van der Waals surface area (Å²) in [4.78, 5) is 18.3. The average molecular weight is 314 g/mol. The van der Waals surface area contributed by atoms with Crippen LogP contribution >= 0.6 is 0 Å². The molecular formula is C19H26N2O2. The molecule has 0 saturated carbocycles. The number of ether oxygens (including phenoxy) is 1. The van der Waals surface area contributed by atoms with Gasteiger partial charge in [-0.3, -0.25) is 4.79 Å². The summed E-state index contributed by atoms with van der Waals surface area (Å²) >= 11 is 0. The van der Waals surface area contributed by atoms with E-state index < -0.39 is 0 Å². The van der Waals surface area contributed by atoms with Gasteiger partial charge in [0.1, 0.15) is 0 Å². The molecule has 0 radical (unpaired) electrons. The van der Waals surface area contributed by atoms with Crippen LogP contribution in [0, 0.1) is 13.8 Å². The van der Waals surface area contributed by atoms with Gasteiger partial charge < -0.3 is 14.6 Å². The highest BCUT2D eigenvalue weighted by Gasteiger charge is 2.33. The predicted molar refractivity (Wildman–Crippen MR) is 92.9 cm³/mol. The molecule has 4 heteroatoms. The van der Waals surface area contributed by atoms with E-state index in [4.69, 9.17) is 4.74 Å². The number of carbonyl (C=O) groups excluding carboxylic acids is 1. The van der Waals surface area contributed by atoms with E-state index in [0.29, 0.717) is 6.61 Å². The van der Waals surface area contributed by atoms with Crippen molar-refractivity contribution < 1.29 is 9.53 Å². The van der Waals surface area contributed by atoms with Crippen molar-refractivity contribution in [2.24, 2.45) is 0 Å². The van der Waals surface area contributed by atoms with E-state index in [-0.39, 0.29) is 17.6 Å². The van der Waals surface area contributed by atoms with Gasteiger partial charge in [-0.15, -0.1) is 0 Å². The van der Waals surface area contributed by atoms with Gasteiger partial charge in [0.15, 0.2) is 0 Å². The van der Waals surface area contributed by atoms with Gasteiger partial charge in [-0.25, -0.2) is 0 Å². The number of aryl methyl sites for hydroxylation is 2. The van der Waals surface area contributed by atoms with E-state index in [0.717, 1.165) is 35.0 Å². The molecule has 1 aromatic heterocycles. The fraction of sp³-hybridized carbons (Fsp3) is 0.526. The number of hydrogen-bond acceptors (Lipinski definition) is 2.